The third kappa shape index (κ3) is 4.85. The van der Waals surface area contributed by atoms with Crippen molar-refractivity contribution < 1.29 is 14.3 Å². The number of hydrogen-bond acceptors (Lipinski definition) is 5. The van der Waals surface area contributed by atoms with Crippen molar-refractivity contribution in [2.75, 3.05) is 0 Å². The van der Waals surface area contributed by atoms with E-state index in [1.54, 1.807) is 17.7 Å². The van der Waals surface area contributed by atoms with Gasteiger partial charge in [0, 0.05) is 29.3 Å². The van der Waals surface area contributed by atoms with Crippen molar-refractivity contribution in [3.8, 4) is 28.8 Å². The van der Waals surface area contributed by atoms with E-state index in [4.69, 9.17) is 9.84 Å². The largest absolute Gasteiger partial charge is 0.490 e. The Balaban J connectivity index is 1.48. The molecule has 3 heterocycles. The Labute approximate surface area is 238 Å². The second-order valence-corrected chi connectivity index (χ2v) is 10.5. The highest BCUT2D eigenvalue weighted by Gasteiger charge is 2.36. The Bertz CT molecular complexity index is 1790. The molecule has 7 heteroatoms. The summed E-state index contributed by atoms with van der Waals surface area (Å²) < 4.78 is 7.68. The first-order chi connectivity index (χ1) is 19.8. The lowest BCUT2D eigenvalue weighted by Gasteiger charge is -2.27. The van der Waals surface area contributed by atoms with Crippen molar-refractivity contribution in [3.05, 3.63) is 118 Å². The highest BCUT2D eigenvalue weighted by molar-refractivity contribution is 6.19. The van der Waals surface area contributed by atoms with Gasteiger partial charge in [0.15, 0.2) is 0 Å². The molecule has 7 nitrogen and oxygen atoms in total. The highest BCUT2D eigenvalue weighted by Crippen LogP contribution is 2.36. The van der Waals surface area contributed by atoms with Crippen molar-refractivity contribution in [3.63, 3.8) is 0 Å². The minimum atomic E-state index is -0.583. The predicted molar refractivity (Wildman–Crippen MR) is 156 cm³/mol. The zero-order valence-electron chi connectivity index (χ0n) is 23.1. The molecule has 0 saturated heterocycles. The van der Waals surface area contributed by atoms with Crippen LogP contribution < -0.4 is 4.74 Å². The van der Waals surface area contributed by atoms with Gasteiger partial charge in [-0.1, -0.05) is 48.0 Å². The molecule has 1 atom stereocenters. The van der Waals surface area contributed by atoms with Crippen LogP contribution in [0, 0.1) is 18.3 Å². The highest BCUT2D eigenvalue weighted by atomic mass is 16.5. The van der Waals surface area contributed by atoms with Crippen molar-refractivity contribution in [1.29, 1.82) is 5.26 Å². The fraction of sp³-hybridized carbons (Fsp3) is 0.176. The van der Waals surface area contributed by atoms with Crippen LogP contribution in [0.1, 0.15) is 36.1 Å². The average molecular weight is 541 g/mol. The number of imide groups is 1. The summed E-state index contributed by atoms with van der Waals surface area (Å²) in [6.45, 7) is 5.75. The van der Waals surface area contributed by atoms with Crippen LogP contribution in [0.3, 0.4) is 0 Å². The smallest absolute Gasteiger partial charge is 0.271 e. The van der Waals surface area contributed by atoms with Gasteiger partial charge in [-0.2, -0.15) is 10.4 Å². The summed E-state index contributed by atoms with van der Waals surface area (Å²) in [7, 11) is 0. The van der Waals surface area contributed by atoms with Gasteiger partial charge in [-0.15, -0.1) is 0 Å². The van der Waals surface area contributed by atoms with Gasteiger partial charge in [0.2, 0.25) is 0 Å². The SMILES string of the molecule is CC1=C(C#N)C(=O)N(Cc2ccc(C)cc2)C(=O)/C1=C/c1cn(-c2ccccc2)nc1-c1ccc2c(c1)CC(C)O2. The number of rotatable bonds is 5. The molecule has 202 valence electrons. The number of benzene rings is 3. The van der Waals surface area contributed by atoms with E-state index < -0.39 is 11.8 Å². The number of nitrogens with zero attached hydrogens (tertiary/aromatic N) is 4. The number of carbonyl (C=O) groups is 2. The molecule has 0 N–H and O–H groups in total. The van der Waals surface area contributed by atoms with Crippen molar-refractivity contribution in [2.45, 2.75) is 39.8 Å². The van der Waals surface area contributed by atoms with Gasteiger partial charge in [-0.3, -0.25) is 14.5 Å². The summed E-state index contributed by atoms with van der Waals surface area (Å²) >= 11 is 0. The van der Waals surface area contributed by atoms with E-state index in [9.17, 15) is 14.9 Å². The molecule has 0 fully saturated rings. The predicted octanol–water partition coefficient (Wildman–Crippen LogP) is 5.96. The fourth-order valence-corrected chi connectivity index (χ4v) is 5.30. The monoisotopic (exact) mass is 540 g/mol. The molecule has 4 aromatic rings. The number of fused-ring (bicyclic) bond motifs is 1. The average Bonchev–Trinajstić information content (AvgIpc) is 3.57. The number of aryl methyl sites for hydroxylation is 1. The summed E-state index contributed by atoms with van der Waals surface area (Å²) in [6.07, 6.45) is 4.54. The van der Waals surface area contributed by atoms with E-state index in [2.05, 4.69) is 6.07 Å². The maximum atomic E-state index is 13.8. The molecule has 0 spiro atoms. The quantitative estimate of drug-likeness (QED) is 0.230. The molecular formula is C34H28N4O3. The third-order valence-electron chi connectivity index (χ3n) is 7.52. The minimum Gasteiger partial charge on any atom is -0.490 e. The van der Waals surface area contributed by atoms with Gasteiger partial charge in [0.05, 0.1) is 17.9 Å². The Kier molecular flexibility index (Phi) is 6.60. The zero-order chi connectivity index (χ0) is 28.7. The van der Waals surface area contributed by atoms with Crippen molar-refractivity contribution in [1.82, 2.24) is 14.7 Å². The lowest BCUT2D eigenvalue weighted by atomic mass is 9.92. The van der Waals surface area contributed by atoms with Crippen LogP contribution in [0.15, 0.2) is 95.7 Å². The molecule has 1 unspecified atom stereocenters. The number of hydrogen-bond donors (Lipinski definition) is 0. The summed E-state index contributed by atoms with van der Waals surface area (Å²) in [4.78, 5) is 28.2. The molecule has 0 aliphatic carbocycles. The number of carbonyl (C=O) groups excluding carboxylic acids is 2. The first-order valence-electron chi connectivity index (χ1n) is 13.5. The lowest BCUT2D eigenvalue weighted by molar-refractivity contribution is -0.141. The van der Waals surface area contributed by atoms with E-state index >= 15 is 0 Å². The molecule has 3 aromatic carbocycles. The number of amides is 2. The molecule has 0 radical (unpaired) electrons. The zero-order valence-corrected chi connectivity index (χ0v) is 23.1. The summed E-state index contributed by atoms with van der Waals surface area (Å²) in [5.74, 6) is -0.156. The molecular weight excluding hydrogens is 512 g/mol. The Hall–Kier alpha value is -5.22. The van der Waals surface area contributed by atoms with Gasteiger partial charge in [-0.25, -0.2) is 4.68 Å². The summed E-state index contributed by atoms with van der Waals surface area (Å²) in [5.41, 5.74) is 6.74. The van der Waals surface area contributed by atoms with Crippen LogP contribution in [0.25, 0.3) is 23.0 Å². The Morgan fingerprint density at radius 3 is 2.51 bits per heavy atom. The first kappa shape index (κ1) is 26.0. The summed E-state index contributed by atoms with van der Waals surface area (Å²) in [6, 6.07) is 25.4. The van der Waals surface area contributed by atoms with Crippen LogP contribution >= 0.6 is 0 Å². The number of ether oxygens (including phenoxy) is 1. The Morgan fingerprint density at radius 1 is 1.02 bits per heavy atom. The van der Waals surface area contributed by atoms with Gasteiger partial charge >= 0.3 is 0 Å². The second-order valence-electron chi connectivity index (χ2n) is 10.5. The van der Waals surface area contributed by atoms with E-state index in [1.807, 2.05) is 92.8 Å². The topological polar surface area (TPSA) is 88.2 Å². The molecule has 0 bridgehead atoms. The molecule has 2 aliphatic rings. The van der Waals surface area contributed by atoms with E-state index in [1.165, 1.54) is 0 Å². The number of para-hydroxylation sites is 1. The van der Waals surface area contributed by atoms with E-state index in [0.29, 0.717) is 22.4 Å². The van der Waals surface area contributed by atoms with Gasteiger partial charge < -0.3 is 4.74 Å². The van der Waals surface area contributed by atoms with Crippen LogP contribution in [0.5, 0.6) is 5.75 Å². The third-order valence-corrected chi connectivity index (χ3v) is 7.52. The first-order valence-corrected chi connectivity index (χ1v) is 13.5. The normalized spacial score (nSPS) is 17.6. The second kappa shape index (κ2) is 10.4. The fourth-order valence-electron chi connectivity index (χ4n) is 5.30. The number of aromatic nitrogens is 2. The molecule has 6 rings (SSSR count). The standard InChI is InChI=1S/C34H28N4O3/c1-21-9-11-24(12-10-21)19-37-33(39)29(23(3)30(18-35)34(37)40)17-27-20-38(28-7-5-4-6-8-28)36-32(27)25-13-14-31-26(16-25)15-22(2)41-31/h4-14,16-17,20,22H,15,19H2,1-3H3/b29-17+. The van der Waals surface area contributed by atoms with Crippen LogP contribution in [-0.2, 0) is 22.6 Å². The van der Waals surface area contributed by atoms with Crippen molar-refractivity contribution in [2.24, 2.45) is 0 Å². The van der Waals surface area contributed by atoms with Crippen molar-refractivity contribution >= 4 is 17.9 Å². The molecule has 0 saturated carbocycles. The molecule has 41 heavy (non-hydrogen) atoms. The van der Waals surface area contributed by atoms with E-state index in [0.717, 1.165) is 45.0 Å². The maximum Gasteiger partial charge on any atom is 0.271 e. The molecule has 2 aliphatic heterocycles. The van der Waals surface area contributed by atoms with Crippen LogP contribution in [0.2, 0.25) is 0 Å². The molecule has 2 amide bonds. The van der Waals surface area contributed by atoms with Gasteiger partial charge in [-0.05, 0) is 73.9 Å². The maximum absolute atomic E-state index is 13.8. The Morgan fingerprint density at radius 2 is 1.78 bits per heavy atom. The number of nitriles is 1. The molecule has 1 aromatic heterocycles. The lowest BCUT2D eigenvalue weighted by Crippen LogP contribution is -2.42. The van der Waals surface area contributed by atoms with Gasteiger partial charge in [0.1, 0.15) is 23.5 Å². The summed E-state index contributed by atoms with van der Waals surface area (Å²) in [5, 5.41) is 14.8. The van der Waals surface area contributed by atoms with E-state index in [-0.39, 0.29) is 18.2 Å². The minimum absolute atomic E-state index is 0.0383. The van der Waals surface area contributed by atoms with Crippen LogP contribution in [0.4, 0.5) is 0 Å². The van der Waals surface area contributed by atoms with Gasteiger partial charge in [0.25, 0.3) is 11.8 Å². The van der Waals surface area contributed by atoms with Crippen LogP contribution in [-0.4, -0.2) is 32.6 Å².